The summed E-state index contributed by atoms with van der Waals surface area (Å²) >= 11 is 0. The molecule has 1 aromatic carbocycles. The van der Waals surface area contributed by atoms with Gasteiger partial charge in [0, 0.05) is 5.52 Å². The van der Waals surface area contributed by atoms with Gasteiger partial charge in [0.25, 0.3) is 0 Å². The predicted molar refractivity (Wildman–Crippen MR) is 78.7 cm³/mol. The largest absolute Gasteiger partial charge is 1.00 e. The third-order valence-corrected chi connectivity index (χ3v) is 5.18. The number of aryl methyl sites for hydroxylation is 2. The molecule has 0 N–H and O–H groups in total. The van der Waals surface area contributed by atoms with Crippen LogP contribution in [0.25, 0.3) is 0 Å². The van der Waals surface area contributed by atoms with Gasteiger partial charge in [-0.1, -0.05) is 57.7 Å². The normalized spacial score (nSPS) is 15.9. The molecule has 0 unspecified atom stereocenters. The summed E-state index contributed by atoms with van der Waals surface area (Å²) in [5.74, 6) is 0. The number of rotatable bonds is 5. The van der Waals surface area contributed by atoms with Crippen LogP contribution in [0.5, 0.6) is 0 Å². The molecule has 3 heteroatoms. The fourth-order valence-corrected chi connectivity index (χ4v) is 4.15. The smallest absolute Gasteiger partial charge is 0.456 e. The molecule has 0 heterocycles. The fraction of sp³-hybridized carbons (Fsp3) is 0.562. The Balaban J connectivity index is 0.00000180. The van der Waals surface area contributed by atoms with Crippen molar-refractivity contribution in [1.29, 1.82) is 0 Å². The topological polar surface area (TPSA) is 17.1 Å². The van der Waals surface area contributed by atoms with Crippen molar-refractivity contribution >= 4 is 14.1 Å². The van der Waals surface area contributed by atoms with Crippen molar-refractivity contribution in [1.82, 2.24) is 0 Å². The Morgan fingerprint density at radius 3 is 2.16 bits per heavy atom. The predicted octanol–water partition coefficient (Wildman–Crippen LogP) is 1.84. The first-order valence-corrected chi connectivity index (χ1v) is 8.08. The summed E-state index contributed by atoms with van der Waals surface area (Å²) in [6.07, 6.45) is 7.00. The Morgan fingerprint density at radius 1 is 1.16 bits per heavy atom. The van der Waals surface area contributed by atoms with Crippen LogP contribution in [0.1, 0.15) is 61.0 Å². The van der Waals surface area contributed by atoms with Crippen LogP contribution in [0.15, 0.2) is 18.2 Å². The van der Waals surface area contributed by atoms with Gasteiger partial charge in [0.2, 0.25) is 0 Å². The first-order chi connectivity index (χ1) is 8.76. The third-order valence-electron chi connectivity index (χ3n) is 3.84. The SMILES string of the molecule is CCc1cccc(CC)c1C(=O)[P-]C1CCCC1.[Li+]. The molecule has 1 saturated carbocycles. The van der Waals surface area contributed by atoms with Crippen molar-refractivity contribution in [2.45, 2.75) is 58.0 Å². The van der Waals surface area contributed by atoms with E-state index in [4.69, 9.17) is 0 Å². The molecule has 98 valence electrons. The van der Waals surface area contributed by atoms with Gasteiger partial charge in [-0.05, 0) is 29.5 Å². The van der Waals surface area contributed by atoms with Gasteiger partial charge in [-0.3, -0.25) is 0 Å². The van der Waals surface area contributed by atoms with Crippen molar-refractivity contribution < 1.29 is 23.7 Å². The molecule has 0 aromatic heterocycles. The van der Waals surface area contributed by atoms with E-state index in [0.29, 0.717) is 11.2 Å². The van der Waals surface area contributed by atoms with Gasteiger partial charge in [-0.25, -0.2) is 0 Å². The van der Waals surface area contributed by atoms with E-state index in [1.807, 2.05) is 0 Å². The van der Waals surface area contributed by atoms with Crippen molar-refractivity contribution in [3.8, 4) is 0 Å². The maximum absolute atomic E-state index is 12.5. The second-order valence-corrected chi connectivity index (χ2v) is 6.43. The number of carbonyl (C=O) groups excluding carboxylic acids is 1. The molecule has 2 rings (SSSR count). The Bertz CT molecular complexity index is 403. The molecule has 0 radical (unpaired) electrons. The molecule has 0 aliphatic heterocycles. The van der Waals surface area contributed by atoms with E-state index in [9.17, 15) is 4.79 Å². The summed E-state index contributed by atoms with van der Waals surface area (Å²) < 4.78 is 0. The summed E-state index contributed by atoms with van der Waals surface area (Å²) in [4.78, 5) is 12.5. The monoisotopic (exact) mass is 268 g/mol. The standard InChI is InChI=1S/C16H22OP.Li/c1-3-12-8-7-9-13(4-2)15(12)16(17)18-14-10-5-6-11-14;/h7-9,14H,3-6,10-11H2,1-2H3;/q-1;+1. The van der Waals surface area contributed by atoms with Crippen molar-refractivity contribution in [2.75, 3.05) is 0 Å². The molecule has 0 amide bonds. The van der Waals surface area contributed by atoms with Gasteiger partial charge in [0.05, 0.1) is 0 Å². The molecule has 0 spiro atoms. The molecule has 1 aromatic rings. The number of benzene rings is 1. The minimum absolute atomic E-state index is 0. The van der Waals surface area contributed by atoms with Gasteiger partial charge >= 0.3 is 18.9 Å². The molecule has 19 heavy (non-hydrogen) atoms. The molecule has 1 nitrogen and oxygen atoms in total. The van der Waals surface area contributed by atoms with E-state index < -0.39 is 0 Å². The Labute approximate surface area is 130 Å². The summed E-state index contributed by atoms with van der Waals surface area (Å²) in [6, 6.07) is 6.30. The van der Waals surface area contributed by atoms with Crippen LogP contribution in [0, 0.1) is 0 Å². The molecule has 0 bridgehead atoms. The average molecular weight is 268 g/mol. The Morgan fingerprint density at radius 2 is 1.68 bits per heavy atom. The molecular weight excluding hydrogens is 246 g/mol. The molecule has 0 saturated heterocycles. The van der Waals surface area contributed by atoms with Crippen LogP contribution >= 0.6 is 8.58 Å². The van der Waals surface area contributed by atoms with Gasteiger partial charge in [-0.15, -0.1) is 0 Å². The first kappa shape index (κ1) is 17.0. The molecule has 1 aliphatic carbocycles. The van der Waals surface area contributed by atoms with Gasteiger partial charge in [0.1, 0.15) is 0 Å². The quantitative estimate of drug-likeness (QED) is 0.588. The maximum atomic E-state index is 12.5. The van der Waals surface area contributed by atoms with Crippen LogP contribution < -0.4 is 18.9 Å². The summed E-state index contributed by atoms with van der Waals surface area (Å²) in [5, 5.41) is 0. The van der Waals surface area contributed by atoms with Gasteiger partial charge in [-0.2, -0.15) is 5.66 Å². The molecule has 1 fully saturated rings. The molecule has 0 atom stereocenters. The van der Waals surface area contributed by atoms with Crippen molar-refractivity contribution in [3.63, 3.8) is 0 Å². The van der Waals surface area contributed by atoms with E-state index in [-0.39, 0.29) is 18.9 Å². The van der Waals surface area contributed by atoms with E-state index in [1.165, 1.54) is 36.8 Å². The summed E-state index contributed by atoms with van der Waals surface area (Å²) in [5.41, 5.74) is 4.45. The second-order valence-electron chi connectivity index (χ2n) is 5.03. The number of hydrogen-bond donors (Lipinski definition) is 0. The zero-order valence-electron chi connectivity index (χ0n) is 12.4. The summed E-state index contributed by atoms with van der Waals surface area (Å²) in [6.45, 7) is 4.27. The number of carbonyl (C=O) groups is 1. The zero-order valence-corrected chi connectivity index (χ0v) is 13.3. The second kappa shape index (κ2) is 8.26. The maximum Gasteiger partial charge on any atom is 1.00 e. The molecular formula is C16H22LiOP. The van der Waals surface area contributed by atoms with Crippen LogP contribution in [0.4, 0.5) is 0 Å². The minimum Gasteiger partial charge on any atom is -0.456 e. The fourth-order valence-electron chi connectivity index (χ4n) is 2.78. The zero-order chi connectivity index (χ0) is 13.0. The van der Waals surface area contributed by atoms with Crippen molar-refractivity contribution in [2.24, 2.45) is 0 Å². The van der Waals surface area contributed by atoms with Crippen LogP contribution in [0.3, 0.4) is 0 Å². The van der Waals surface area contributed by atoms with E-state index >= 15 is 0 Å². The van der Waals surface area contributed by atoms with E-state index in [1.54, 1.807) is 0 Å². The Hall–Kier alpha value is -0.0826. The summed E-state index contributed by atoms with van der Waals surface area (Å²) in [7, 11) is 1.04. The first-order valence-electron chi connectivity index (χ1n) is 7.12. The van der Waals surface area contributed by atoms with Crippen LogP contribution in [0.2, 0.25) is 0 Å². The van der Waals surface area contributed by atoms with Crippen LogP contribution in [-0.2, 0) is 12.8 Å². The van der Waals surface area contributed by atoms with Crippen molar-refractivity contribution in [3.05, 3.63) is 34.9 Å². The van der Waals surface area contributed by atoms with E-state index in [0.717, 1.165) is 27.0 Å². The van der Waals surface area contributed by atoms with Crippen LogP contribution in [-0.4, -0.2) is 11.2 Å². The average Bonchev–Trinajstić information content (AvgIpc) is 2.90. The number of hydrogen-bond acceptors (Lipinski definition) is 1. The van der Waals surface area contributed by atoms with Gasteiger partial charge in [0.15, 0.2) is 0 Å². The van der Waals surface area contributed by atoms with Gasteiger partial charge < -0.3 is 13.4 Å². The Kier molecular flexibility index (Phi) is 7.38. The molecule has 1 aliphatic rings. The third kappa shape index (κ3) is 4.19. The van der Waals surface area contributed by atoms with E-state index in [2.05, 4.69) is 32.0 Å². The minimum atomic E-state index is 0.